The van der Waals surface area contributed by atoms with Crippen molar-refractivity contribution in [1.29, 1.82) is 0 Å². The van der Waals surface area contributed by atoms with Crippen LogP contribution in [0.2, 0.25) is 0 Å². The van der Waals surface area contributed by atoms with Crippen molar-refractivity contribution in [1.82, 2.24) is 15.0 Å². The minimum atomic E-state index is 0.406. The van der Waals surface area contributed by atoms with E-state index in [0.29, 0.717) is 12.0 Å². The van der Waals surface area contributed by atoms with Gasteiger partial charge in [0.2, 0.25) is 0 Å². The van der Waals surface area contributed by atoms with Gasteiger partial charge in [-0.25, -0.2) is 4.68 Å². The lowest BCUT2D eigenvalue weighted by atomic mass is 10.1. The molecule has 1 rings (SSSR count). The summed E-state index contributed by atoms with van der Waals surface area (Å²) in [6.45, 7) is 10.6. The maximum atomic E-state index is 4.10. The van der Waals surface area contributed by atoms with E-state index >= 15 is 0 Å². The first-order chi connectivity index (χ1) is 5.54. The van der Waals surface area contributed by atoms with Crippen LogP contribution in [0.4, 0.5) is 0 Å². The SMILES string of the molecule is Cc1nnn(C(C)C)c1C(C)C. The smallest absolute Gasteiger partial charge is 0.0831 e. The maximum absolute atomic E-state index is 4.10. The van der Waals surface area contributed by atoms with Crippen molar-refractivity contribution in [3.63, 3.8) is 0 Å². The molecule has 3 heteroatoms. The van der Waals surface area contributed by atoms with Crippen molar-refractivity contribution in [2.24, 2.45) is 0 Å². The van der Waals surface area contributed by atoms with E-state index in [1.807, 2.05) is 11.6 Å². The summed E-state index contributed by atoms with van der Waals surface area (Å²) in [6, 6.07) is 0.406. The molecule has 0 aliphatic heterocycles. The second kappa shape index (κ2) is 3.25. The van der Waals surface area contributed by atoms with Gasteiger partial charge in [0.1, 0.15) is 0 Å². The van der Waals surface area contributed by atoms with Crippen LogP contribution in [-0.2, 0) is 0 Å². The van der Waals surface area contributed by atoms with Gasteiger partial charge in [0.25, 0.3) is 0 Å². The Kier molecular flexibility index (Phi) is 2.50. The molecule has 1 aromatic heterocycles. The molecule has 3 nitrogen and oxygen atoms in total. The summed E-state index contributed by atoms with van der Waals surface area (Å²) in [5.41, 5.74) is 2.31. The molecule has 0 aliphatic carbocycles. The molecule has 0 fully saturated rings. The Morgan fingerprint density at radius 2 is 1.75 bits per heavy atom. The molecule has 1 aromatic rings. The molecule has 1 heterocycles. The topological polar surface area (TPSA) is 30.7 Å². The van der Waals surface area contributed by atoms with Crippen LogP contribution in [0.3, 0.4) is 0 Å². The number of rotatable bonds is 2. The Morgan fingerprint density at radius 3 is 2.08 bits per heavy atom. The number of aromatic nitrogens is 3. The summed E-state index contributed by atoms with van der Waals surface area (Å²) in [7, 11) is 0. The van der Waals surface area contributed by atoms with Crippen LogP contribution >= 0.6 is 0 Å². The van der Waals surface area contributed by atoms with Crippen molar-refractivity contribution in [3.05, 3.63) is 11.4 Å². The minimum Gasteiger partial charge on any atom is -0.246 e. The molecule has 0 saturated carbocycles. The van der Waals surface area contributed by atoms with Crippen LogP contribution < -0.4 is 0 Å². The van der Waals surface area contributed by atoms with Crippen LogP contribution in [0.1, 0.15) is 51.0 Å². The van der Waals surface area contributed by atoms with Crippen LogP contribution in [-0.4, -0.2) is 15.0 Å². The Morgan fingerprint density at radius 1 is 1.17 bits per heavy atom. The van der Waals surface area contributed by atoms with Crippen molar-refractivity contribution in [2.75, 3.05) is 0 Å². The highest BCUT2D eigenvalue weighted by Gasteiger charge is 2.14. The fourth-order valence-corrected chi connectivity index (χ4v) is 1.44. The molecule has 12 heavy (non-hydrogen) atoms. The first-order valence-electron chi connectivity index (χ1n) is 4.45. The summed E-state index contributed by atoms with van der Waals surface area (Å²) in [6.07, 6.45) is 0. The van der Waals surface area contributed by atoms with Crippen molar-refractivity contribution >= 4 is 0 Å². The van der Waals surface area contributed by atoms with Crippen molar-refractivity contribution < 1.29 is 0 Å². The summed E-state index contributed by atoms with van der Waals surface area (Å²) >= 11 is 0. The molecule has 0 spiro atoms. The molecule has 0 aliphatic rings. The largest absolute Gasteiger partial charge is 0.246 e. The molecular formula is C9H17N3. The molecule has 68 valence electrons. The first kappa shape index (κ1) is 9.23. The van der Waals surface area contributed by atoms with Crippen LogP contribution in [0, 0.1) is 6.92 Å². The van der Waals surface area contributed by atoms with Gasteiger partial charge >= 0.3 is 0 Å². The third-order valence-electron chi connectivity index (χ3n) is 1.94. The summed E-state index contributed by atoms with van der Waals surface area (Å²) < 4.78 is 2.00. The predicted octanol–water partition coefficient (Wildman–Crippen LogP) is 2.29. The predicted molar refractivity (Wildman–Crippen MR) is 49.2 cm³/mol. The van der Waals surface area contributed by atoms with E-state index in [4.69, 9.17) is 0 Å². The Hall–Kier alpha value is -0.860. The van der Waals surface area contributed by atoms with Gasteiger partial charge in [-0.1, -0.05) is 19.1 Å². The quantitative estimate of drug-likeness (QED) is 0.676. The van der Waals surface area contributed by atoms with Crippen molar-refractivity contribution in [3.8, 4) is 0 Å². The first-order valence-corrected chi connectivity index (χ1v) is 4.45. The van der Waals surface area contributed by atoms with Crippen LogP contribution in [0.25, 0.3) is 0 Å². The van der Waals surface area contributed by atoms with Gasteiger partial charge in [0.15, 0.2) is 0 Å². The Balaban J connectivity index is 3.12. The zero-order valence-electron chi connectivity index (χ0n) is 8.50. The molecular weight excluding hydrogens is 150 g/mol. The number of nitrogens with zero attached hydrogens (tertiary/aromatic N) is 3. The number of hydrogen-bond acceptors (Lipinski definition) is 2. The highest BCUT2D eigenvalue weighted by molar-refractivity contribution is 5.12. The lowest BCUT2D eigenvalue weighted by Crippen LogP contribution is -2.09. The summed E-state index contributed by atoms with van der Waals surface area (Å²) in [5, 5.41) is 8.18. The molecule has 0 atom stereocenters. The average Bonchev–Trinajstić information content (AvgIpc) is 2.30. The number of aryl methyl sites for hydroxylation is 1. The van der Waals surface area contributed by atoms with Gasteiger partial charge < -0.3 is 0 Å². The van der Waals surface area contributed by atoms with E-state index in [2.05, 4.69) is 38.0 Å². The van der Waals surface area contributed by atoms with Crippen molar-refractivity contribution in [2.45, 2.75) is 46.6 Å². The molecule has 0 N–H and O–H groups in total. The average molecular weight is 167 g/mol. The molecule has 0 saturated heterocycles. The summed E-state index contributed by atoms with van der Waals surface area (Å²) in [4.78, 5) is 0. The van der Waals surface area contributed by atoms with Gasteiger partial charge in [-0.15, -0.1) is 5.10 Å². The van der Waals surface area contributed by atoms with E-state index in [-0.39, 0.29) is 0 Å². The van der Waals surface area contributed by atoms with E-state index in [9.17, 15) is 0 Å². The Bertz CT molecular complexity index is 261. The minimum absolute atomic E-state index is 0.406. The van der Waals surface area contributed by atoms with Gasteiger partial charge in [-0.05, 0) is 26.7 Å². The highest BCUT2D eigenvalue weighted by Crippen LogP contribution is 2.19. The highest BCUT2D eigenvalue weighted by atomic mass is 15.4. The third-order valence-corrected chi connectivity index (χ3v) is 1.94. The standard InChI is InChI=1S/C9H17N3/c1-6(2)9-8(5)10-11-12(9)7(3)4/h6-7H,1-5H3. The lowest BCUT2D eigenvalue weighted by Gasteiger charge is -2.12. The van der Waals surface area contributed by atoms with E-state index in [1.54, 1.807) is 0 Å². The fraction of sp³-hybridized carbons (Fsp3) is 0.778. The fourth-order valence-electron chi connectivity index (χ4n) is 1.44. The molecule has 0 bridgehead atoms. The molecule has 0 radical (unpaired) electrons. The van der Waals surface area contributed by atoms with Crippen LogP contribution in [0.5, 0.6) is 0 Å². The van der Waals surface area contributed by atoms with Gasteiger partial charge in [0.05, 0.1) is 11.4 Å². The van der Waals surface area contributed by atoms with E-state index < -0.39 is 0 Å². The Labute approximate surface area is 73.8 Å². The second-order valence-corrected chi connectivity index (χ2v) is 3.75. The van der Waals surface area contributed by atoms with Gasteiger partial charge in [-0.2, -0.15) is 0 Å². The monoisotopic (exact) mass is 167 g/mol. The molecule has 0 unspecified atom stereocenters. The maximum Gasteiger partial charge on any atom is 0.0831 e. The summed E-state index contributed by atoms with van der Waals surface area (Å²) in [5.74, 6) is 0.502. The zero-order valence-corrected chi connectivity index (χ0v) is 8.50. The number of hydrogen-bond donors (Lipinski definition) is 0. The third kappa shape index (κ3) is 1.49. The van der Waals surface area contributed by atoms with E-state index in [0.717, 1.165) is 5.69 Å². The van der Waals surface area contributed by atoms with Gasteiger partial charge in [0, 0.05) is 6.04 Å². The molecule has 0 amide bonds. The lowest BCUT2D eigenvalue weighted by molar-refractivity contribution is 0.484. The van der Waals surface area contributed by atoms with E-state index in [1.165, 1.54) is 5.69 Å². The van der Waals surface area contributed by atoms with Gasteiger partial charge in [-0.3, -0.25) is 0 Å². The zero-order chi connectivity index (χ0) is 9.30. The second-order valence-electron chi connectivity index (χ2n) is 3.75. The van der Waals surface area contributed by atoms with Crippen LogP contribution in [0.15, 0.2) is 0 Å². The normalized spacial score (nSPS) is 11.6. The molecule has 0 aromatic carbocycles.